The second-order valence-electron chi connectivity index (χ2n) is 3.92. The molecule has 4 nitrogen and oxygen atoms in total. The Hall–Kier alpha value is -2.49. The molecule has 0 aliphatic carbocycles. The number of nitrogens with one attached hydrogen (secondary N) is 1. The van der Waals surface area contributed by atoms with Gasteiger partial charge in [-0.1, -0.05) is 6.08 Å². The molecular formula is C15H15NO3. The Kier molecular flexibility index (Phi) is 4.03. The normalized spacial score (nSPS) is 12.6. The Balaban J connectivity index is 2.32. The number of hydrogen-bond acceptors (Lipinski definition) is 3. The molecule has 0 spiro atoms. The lowest BCUT2D eigenvalue weighted by Crippen LogP contribution is -2.24. The summed E-state index contributed by atoms with van der Waals surface area (Å²) < 4.78 is 10.6. The molecule has 0 bridgehead atoms. The zero-order valence-electron chi connectivity index (χ0n) is 10.7. The molecule has 98 valence electrons. The van der Waals surface area contributed by atoms with E-state index in [0.717, 1.165) is 5.56 Å². The zero-order chi connectivity index (χ0) is 13.7. The molecule has 0 fully saturated rings. The zero-order valence-corrected chi connectivity index (χ0v) is 10.7. The van der Waals surface area contributed by atoms with Crippen molar-refractivity contribution >= 4 is 12.0 Å². The van der Waals surface area contributed by atoms with Crippen LogP contribution in [0.15, 0.2) is 48.8 Å². The molecule has 0 aromatic heterocycles. The highest BCUT2D eigenvalue weighted by molar-refractivity contribution is 6.01. The number of methoxy groups -OCH3 is 1. The van der Waals surface area contributed by atoms with Gasteiger partial charge < -0.3 is 14.8 Å². The summed E-state index contributed by atoms with van der Waals surface area (Å²) in [5.74, 6) is 1.23. The van der Waals surface area contributed by atoms with Crippen molar-refractivity contribution < 1.29 is 14.3 Å². The summed E-state index contributed by atoms with van der Waals surface area (Å²) in [7, 11) is 1.60. The van der Waals surface area contributed by atoms with E-state index in [1.807, 2.05) is 12.1 Å². The maximum Gasteiger partial charge on any atom is 0.251 e. The molecule has 1 aromatic carbocycles. The lowest BCUT2D eigenvalue weighted by atomic mass is 10.1. The third-order valence-electron chi connectivity index (χ3n) is 2.64. The highest BCUT2D eigenvalue weighted by Crippen LogP contribution is 2.28. The first-order valence-electron chi connectivity index (χ1n) is 5.86. The van der Waals surface area contributed by atoms with Crippen LogP contribution in [-0.4, -0.2) is 19.6 Å². The van der Waals surface area contributed by atoms with Gasteiger partial charge in [0.05, 0.1) is 13.4 Å². The fourth-order valence-corrected chi connectivity index (χ4v) is 1.68. The largest absolute Gasteiger partial charge is 0.497 e. The standard InChI is InChI=1S/C15H15NO3/c1-3-7-16-15(17)11-6-8-19-14-5-4-13(18-2)10-12(14)9-11/h3-6,8-10H,1,7H2,2H3,(H,16,17). The minimum absolute atomic E-state index is 0.171. The van der Waals surface area contributed by atoms with Gasteiger partial charge in [-0.3, -0.25) is 4.79 Å². The minimum Gasteiger partial charge on any atom is -0.497 e. The SMILES string of the molecule is C=CCNC(=O)C1=Cc2cc(OC)ccc2OC=C1. The fourth-order valence-electron chi connectivity index (χ4n) is 1.68. The quantitative estimate of drug-likeness (QED) is 0.842. The van der Waals surface area contributed by atoms with Crippen LogP contribution in [0.3, 0.4) is 0 Å². The Morgan fingerprint density at radius 1 is 1.53 bits per heavy atom. The molecule has 1 N–H and O–H groups in total. The van der Waals surface area contributed by atoms with Gasteiger partial charge in [0.2, 0.25) is 0 Å². The summed E-state index contributed by atoms with van der Waals surface area (Å²) in [6.07, 6.45) is 6.52. The van der Waals surface area contributed by atoms with Crippen LogP contribution >= 0.6 is 0 Å². The number of rotatable bonds is 4. The molecular weight excluding hydrogens is 242 g/mol. The number of fused-ring (bicyclic) bond motifs is 1. The van der Waals surface area contributed by atoms with E-state index in [0.29, 0.717) is 23.6 Å². The minimum atomic E-state index is -0.171. The van der Waals surface area contributed by atoms with Gasteiger partial charge in [-0.15, -0.1) is 6.58 Å². The average Bonchev–Trinajstić information content (AvgIpc) is 2.65. The predicted octanol–water partition coefficient (Wildman–Crippen LogP) is 2.29. The maximum absolute atomic E-state index is 11.9. The first-order valence-corrected chi connectivity index (χ1v) is 5.86. The van der Waals surface area contributed by atoms with Crippen LogP contribution in [0.4, 0.5) is 0 Å². The lowest BCUT2D eigenvalue weighted by molar-refractivity contribution is -0.116. The van der Waals surface area contributed by atoms with Crippen molar-refractivity contribution in [2.24, 2.45) is 0 Å². The lowest BCUT2D eigenvalue weighted by Gasteiger charge is -2.06. The summed E-state index contributed by atoms with van der Waals surface area (Å²) in [6, 6.07) is 5.44. The summed E-state index contributed by atoms with van der Waals surface area (Å²) in [4.78, 5) is 11.9. The second kappa shape index (κ2) is 5.91. The van der Waals surface area contributed by atoms with Crippen LogP contribution in [0.2, 0.25) is 0 Å². The number of carbonyl (C=O) groups excluding carboxylic acids is 1. The summed E-state index contributed by atoms with van der Waals surface area (Å²) in [5.41, 5.74) is 1.32. The first-order chi connectivity index (χ1) is 9.24. The number of ether oxygens (including phenoxy) is 2. The molecule has 2 rings (SSSR count). The Morgan fingerprint density at radius 3 is 3.11 bits per heavy atom. The maximum atomic E-state index is 11.9. The highest BCUT2D eigenvalue weighted by atomic mass is 16.5. The van der Waals surface area contributed by atoms with Crippen LogP contribution in [-0.2, 0) is 4.79 Å². The molecule has 0 atom stereocenters. The van der Waals surface area contributed by atoms with Gasteiger partial charge in [0.25, 0.3) is 5.91 Å². The van der Waals surface area contributed by atoms with E-state index in [4.69, 9.17) is 9.47 Å². The number of benzene rings is 1. The monoisotopic (exact) mass is 257 g/mol. The van der Waals surface area contributed by atoms with Crippen molar-refractivity contribution in [1.82, 2.24) is 5.32 Å². The van der Waals surface area contributed by atoms with Crippen LogP contribution in [0.25, 0.3) is 6.08 Å². The molecule has 1 aliphatic rings. The van der Waals surface area contributed by atoms with E-state index in [9.17, 15) is 4.79 Å². The van der Waals surface area contributed by atoms with Gasteiger partial charge in [0.1, 0.15) is 11.5 Å². The van der Waals surface area contributed by atoms with Crippen molar-refractivity contribution in [1.29, 1.82) is 0 Å². The number of carbonyl (C=O) groups is 1. The van der Waals surface area contributed by atoms with E-state index >= 15 is 0 Å². The predicted molar refractivity (Wildman–Crippen MR) is 73.9 cm³/mol. The second-order valence-corrected chi connectivity index (χ2v) is 3.92. The van der Waals surface area contributed by atoms with Gasteiger partial charge in [0, 0.05) is 17.7 Å². The third-order valence-corrected chi connectivity index (χ3v) is 2.64. The van der Waals surface area contributed by atoms with Gasteiger partial charge in [0.15, 0.2) is 0 Å². The average molecular weight is 257 g/mol. The smallest absolute Gasteiger partial charge is 0.251 e. The summed E-state index contributed by atoms with van der Waals surface area (Å²) in [6.45, 7) is 3.99. The molecule has 1 amide bonds. The van der Waals surface area contributed by atoms with Crippen molar-refractivity contribution in [2.45, 2.75) is 0 Å². The first kappa shape index (κ1) is 13.0. The van der Waals surface area contributed by atoms with Crippen LogP contribution < -0.4 is 14.8 Å². The van der Waals surface area contributed by atoms with E-state index in [1.54, 1.807) is 31.4 Å². The van der Waals surface area contributed by atoms with Gasteiger partial charge >= 0.3 is 0 Å². The molecule has 1 aromatic rings. The van der Waals surface area contributed by atoms with Crippen molar-refractivity contribution in [3.63, 3.8) is 0 Å². The highest BCUT2D eigenvalue weighted by Gasteiger charge is 2.11. The number of hydrogen-bond donors (Lipinski definition) is 1. The van der Waals surface area contributed by atoms with Gasteiger partial charge in [-0.2, -0.15) is 0 Å². The van der Waals surface area contributed by atoms with Crippen molar-refractivity contribution in [2.75, 3.05) is 13.7 Å². The summed E-state index contributed by atoms with van der Waals surface area (Å²) in [5, 5.41) is 2.73. The van der Waals surface area contributed by atoms with E-state index in [-0.39, 0.29) is 5.91 Å². The van der Waals surface area contributed by atoms with E-state index < -0.39 is 0 Å². The fraction of sp³-hybridized carbons (Fsp3) is 0.133. The molecule has 4 heteroatoms. The third kappa shape index (κ3) is 3.04. The number of amides is 1. The Bertz CT molecular complexity index is 559. The van der Waals surface area contributed by atoms with E-state index in [1.165, 1.54) is 6.26 Å². The Labute approximate surface area is 112 Å². The molecule has 0 unspecified atom stereocenters. The molecule has 1 aliphatic heterocycles. The topological polar surface area (TPSA) is 47.6 Å². The van der Waals surface area contributed by atoms with Crippen LogP contribution in [0, 0.1) is 0 Å². The summed E-state index contributed by atoms with van der Waals surface area (Å²) >= 11 is 0. The molecule has 0 radical (unpaired) electrons. The van der Waals surface area contributed by atoms with Crippen molar-refractivity contribution in [3.05, 3.63) is 54.3 Å². The molecule has 0 saturated carbocycles. The molecule has 19 heavy (non-hydrogen) atoms. The van der Waals surface area contributed by atoms with E-state index in [2.05, 4.69) is 11.9 Å². The van der Waals surface area contributed by atoms with Crippen LogP contribution in [0.1, 0.15) is 5.56 Å². The van der Waals surface area contributed by atoms with Gasteiger partial charge in [-0.25, -0.2) is 0 Å². The molecule has 1 heterocycles. The van der Waals surface area contributed by atoms with Gasteiger partial charge in [-0.05, 0) is 30.4 Å². The molecule has 0 saturated heterocycles. The van der Waals surface area contributed by atoms with Crippen LogP contribution in [0.5, 0.6) is 11.5 Å². The van der Waals surface area contributed by atoms with Crippen molar-refractivity contribution in [3.8, 4) is 11.5 Å². The Morgan fingerprint density at radius 2 is 2.37 bits per heavy atom.